The first kappa shape index (κ1) is 9.67. The third-order valence-electron chi connectivity index (χ3n) is 2.06. The van der Waals surface area contributed by atoms with Crippen molar-refractivity contribution in [2.24, 2.45) is 0 Å². The Bertz CT molecular complexity index is 292. The molecule has 0 heterocycles. The van der Waals surface area contributed by atoms with E-state index < -0.39 is 0 Å². The summed E-state index contributed by atoms with van der Waals surface area (Å²) in [5.74, 6) is 0.276. The maximum absolute atomic E-state index is 13.1. The summed E-state index contributed by atoms with van der Waals surface area (Å²) < 4.78 is 13.1. The molecule has 0 fully saturated rings. The highest BCUT2D eigenvalue weighted by molar-refractivity contribution is 7.27. The van der Waals surface area contributed by atoms with E-state index in [1.54, 1.807) is 0 Å². The summed E-state index contributed by atoms with van der Waals surface area (Å²) in [6, 6.07) is 3.33. The van der Waals surface area contributed by atoms with E-state index in [-0.39, 0.29) is 5.82 Å². The molecule has 0 aliphatic carbocycles. The van der Waals surface area contributed by atoms with Crippen molar-refractivity contribution in [2.75, 3.05) is 0 Å². The van der Waals surface area contributed by atoms with E-state index in [1.165, 1.54) is 6.07 Å². The molecule has 0 saturated carbocycles. The zero-order chi connectivity index (χ0) is 9.30. The lowest BCUT2D eigenvalue weighted by Crippen LogP contribution is -2.07. The predicted molar refractivity (Wildman–Crippen MR) is 54.6 cm³/mol. The molecule has 1 atom stereocenters. The van der Waals surface area contributed by atoms with E-state index >= 15 is 0 Å². The van der Waals surface area contributed by atoms with Crippen molar-refractivity contribution in [3.63, 3.8) is 0 Å². The van der Waals surface area contributed by atoms with Crippen molar-refractivity contribution < 1.29 is 4.39 Å². The fourth-order valence-corrected chi connectivity index (χ4v) is 2.14. The third kappa shape index (κ3) is 1.67. The summed E-state index contributed by atoms with van der Waals surface area (Å²) in [6.45, 7) is 5.99. The average molecular weight is 184 g/mol. The minimum Gasteiger partial charge on any atom is -0.207 e. The topological polar surface area (TPSA) is 0 Å². The monoisotopic (exact) mass is 184 g/mol. The first-order chi connectivity index (χ1) is 5.54. The van der Waals surface area contributed by atoms with Crippen LogP contribution in [-0.2, 0) is 0 Å². The summed E-state index contributed by atoms with van der Waals surface area (Å²) >= 11 is 0. The zero-order valence-electron chi connectivity index (χ0n) is 7.69. The summed E-state index contributed by atoms with van der Waals surface area (Å²) in [5, 5.41) is 1.10. The SMILES string of the molecule is Cc1c(F)ccc(P)c1C(C)C. The van der Waals surface area contributed by atoms with Gasteiger partial charge < -0.3 is 0 Å². The molecule has 12 heavy (non-hydrogen) atoms. The highest BCUT2D eigenvalue weighted by Gasteiger charge is 2.09. The second-order valence-corrected chi connectivity index (χ2v) is 3.95. The van der Waals surface area contributed by atoms with Crippen LogP contribution in [0.3, 0.4) is 0 Å². The van der Waals surface area contributed by atoms with Crippen molar-refractivity contribution >= 4 is 14.5 Å². The third-order valence-corrected chi connectivity index (χ3v) is 2.56. The molecule has 0 spiro atoms. The standard InChI is InChI=1S/C10H14FP/c1-6(2)10-7(3)8(11)4-5-9(10)12/h4-6H,12H2,1-3H3. The molecule has 0 aliphatic heterocycles. The van der Waals surface area contributed by atoms with Gasteiger partial charge in [-0.25, -0.2) is 4.39 Å². The molecule has 1 aromatic rings. The smallest absolute Gasteiger partial charge is 0.126 e. The van der Waals surface area contributed by atoms with Crippen molar-refractivity contribution in [2.45, 2.75) is 26.7 Å². The maximum Gasteiger partial charge on any atom is 0.126 e. The van der Waals surface area contributed by atoms with Crippen LogP contribution in [-0.4, -0.2) is 0 Å². The molecule has 0 aromatic heterocycles. The van der Waals surface area contributed by atoms with Gasteiger partial charge in [-0.2, -0.15) is 0 Å². The van der Waals surface area contributed by atoms with Gasteiger partial charge in [-0.3, -0.25) is 0 Å². The van der Waals surface area contributed by atoms with Crippen LogP contribution >= 0.6 is 9.24 Å². The molecular weight excluding hydrogens is 170 g/mol. The summed E-state index contributed by atoms with van der Waals surface area (Å²) in [7, 11) is 2.65. The van der Waals surface area contributed by atoms with Gasteiger partial charge in [0.05, 0.1) is 0 Å². The second kappa shape index (κ2) is 3.53. The summed E-state index contributed by atoms with van der Waals surface area (Å²) in [5.41, 5.74) is 1.89. The highest BCUT2D eigenvalue weighted by Crippen LogP contribution is 2.20. The van der Waals surface area contributed by atoms with E-state index in [1.807, 2.05) is 13.0 Å². The van der Waals surface area contributed by atoms with Gasteiger partial charge in [-0.1, -0.05) is 19.9 Å². The van der Waals surface area contributed by atoms with Gasteiger partial charge >= 0.3 is 0 Å². The normalized spacial score (nSPS) is 10.8. The van der Waals surface area contributed by atoms with E-state index in [2.05, 4.69) is 23.1 Å². The van der Waals surface area contributed by atoms with Crippen LogP contribution in [0.1, 0.15) is 30.9 Å². The molecule has 66 valence electrons. The number of hydrogen-bond donors (Lipinski definition) is 0. The number of hydrogen-bond acceptors (Lipinski definition) is 0. The Balaban J connectivity index is 3.33. The van der Waals surface area contributed by atoms with Crippen LogP contribution in [0.4, 0.5) is 4.39 Å². The van der Waals surface area contributed by atoms with E-state index in [9.17, 15) is 4.39 Å². The average Bonchev–Trinajstić information content (AvgIpc) is 1.97. The fraction of sp³-hybridized carbons (Fsp3) is 0.400. The molecular formula is C10H14FP. The van der Waals surface area contributed by atoms with Gasteiger partial charge in [0.2, 0.25) is 0 Å². The number of rotatable bonds is 1. The Hall–Kier alpha value is -0.420. The zero-order valence-corrected chi connectivity index (χ0v) is 8.84. The van der Waals surface area contributed by atoms with E-state index in [0.717, 1.165) is 16.4 Å². The maximum atomic E-state index is 13.1. The van der Waals surface area contributed by atoms with Crippen molar-refractivity contribution in [3.05, 3.63) is 29.1 Å². The molecule has 1 aromatic carbocycles. The van der Waals surface area contributed by atoms with Gasteiger partial charge in [-0.05, 0) is 35.3 Å². The van der Waals surface area contributed by atoms with Gasteiger partial charge in [0, 0.05) is 0 Å². The molecule has 0 saturated heterocycles. The number of benzene rings is 1. The summed E-state index contributed by atoms with van der Waals surface area (Å²) in [4.78, 5) is 0. The Labute approximate surface area is 75.4 Å². The Morgan fingerprint density at radius 2 is 1.92 bits per heavy atom. The lowest BCUT2D eigenvalue weighted by molar-refractivity contribution is 0.613. The lowest BCUT2D eigenvalue weighted by Gasteiger charge is -2.13. The molecule has 0 bridgehead atoms. The molecule has 1 rings (SSSR count). The van der Waals surface area contributed by atoms with Gasteiger partial charge in [0.15, 0.2) is 0 Å². The summed E-state index contributed by atoms with van der Waals surface area (Å²) in [6.07, 6.45) is 0. The predicted octanol–water partition coefficient (Wildman–Crippen LogP) is 2.76. The van der Waals surface area contributed by atoms with Crippen LogP contribution < -0.4 is 5.30 Å². The van der Waals surface area contributed by atoms with Crippen LogP contribution in [0.25, 0.3) is 0 Å². The lowest BCUT2D eigenvalue weighted by atomic mass is 9.98. The Morgan fingerprint density at radius 1 is 1.33 bits per heavy atom. The molecule has 1 unspecified atom stereocenters. The molecule has 0 amide bonds. The largest absolute Gasteiger partial charge is 0.207 e. The van der Waals surface area contributed by atoms with Gasteiger partial charge in [0.1, 0.15) is 5.82 Å². The molecule has 2 heteroatoms. The van der Waals surface area contributed by atoms with Crippen molar-refractivity contribution in [1.82, 2.24) is 0 Å². The molecule has 0 N–H and O–H groups in total. The minimum absolute atomic E-state index is 0.107. The van der Waals surface area contributed by atoms with Crippen molar-refractivity contribution in [3.8, 4) is 0 Å². The minimum atomic E-state index is -0.107. The first-order valence-electron chi connectivity index (χ1n) is 4.08. The Morgan fingerprint density at radius 3 is 2.33 bits per heavy atom. The second-order valence-electron chi connectivity index (χ2n) is 3.33. The van der Waals surface area contributed by atoms with Crippen LogP contribution in [0.2, 0.25) is 0 Å². The van der Waals surface area contributed by atoms with E-state index in [0.29, 0.717) is 5.92 Å². The van der Waals surface area contributed by atoms with Gasteiger partial charge in [-0.15, -0.1) is 9.24 Å². The number of halogens is 1. The molecule has 0 nitrogen and oxygen atoms in total. The first-order valence-corrected chi connectivity index (χ1v) is 4.66. The highest BCUT2D eigenvalue weighted by atomic mass is 31.0. The Kier molecular flexibility index (Phi) is 2.85. The van der Waals surface area contributed by atoms with Crippen LogP contribution in [0.15, 0.2) is 12.1 Å². The fourth-order valence-electron chi connectivity index (χ4n) is 1.49. The van der Waals surface area contributed by atoms with Crippen LogP contribution in [0, 0.1) is 12.7 Å². The molecule has 0 radical (unpaired) electrons. The van der Waals surface area contributed by atoms with E-state index in [4.69, 9.17) is 0 Å². The molecule has 0 aliphatic rings. The van der Waals surface area contributed by atoms with Crippen LogP contribution in [0.5, 0.6) is 0 Å². The van der Waals surface area contributed by atoms with Gasteiger partial charge in [0.25, 0.3) is 0 Å². The quantitative estimate of drug-likeness (QED) is 0.589. The van der Waals surface area contributed by atoms with Crippen molar-refractivity contribution in [1.29, 1.82) is 0 Å².